The summed E-state index contributed by atoms with van der Waals surface area (Å²) in [5.74, 6) is -0.0424. The Balaban J connectivity index is 1.47. The molecule has 0 N–H and O–H groups in total. The van der Waals surface area contributed by atoms with Crippen LogP contribution in [0.1, 0.15) is 66.2 Å². The van der Waals surface area contributed by atoms with Gasteiger partial charge in [-0.1, -0.05) is 29.8 Å². The number of halogens is 1. The van der Waals surface area contributed by atoms with Gasteiger partial charge in [-0.3, -0.25) is 9.20 Å². The van der Waals surface area contributed by atoms with Gasteiger partial charge in [0.1, 0.15) is 21.5 Å². The number of ether oxygens (including phenoxy) is 3. The second kappa shape index (κ2) is 11.9. The highest BCUT2D eigenvalue weighted by Gasteiger charge is 2.46. The molecule has 11 nitrogen and oxygen atoms in total. The number of carbonyl (C=O) groups excluding carboxylic acids is 1. The fourth-order valence-electron chi connectivity index (χ4n) is 6.72. The molecule has 1 saturated heterocycles. The van der Waals surface area contributed by atoms with Crippen molar-refractivity contribution in [1.82, 2.24) is 23.9 Å². The second-order valence-electron chi connectivity index (χ2n) is 12.8. The van der Waals surface area contributed by atoms with Crippen LogP contribution in [0, 0.1) is 26.2 Å². The Hall–Kier alpha value is -3.58. The third-order valence-electron chi connectivity index (χ3n) is 9.43. The van der Waals surface area contributed by atoms with E-state index >= 15 is 0 Å². The smallest absolute Gasteiger partial charge is 0.312 e. The molecule has 6 rings (SSSR count). The zero-order chi connectivity index (χ0) is 33.0. The number of sulfonamides is 1. The van der Waals surface area contributed by atoms with E-state index in [-0.39, 0.29) is 35.0 Å². The van der Waals surface area contributed by atoms with E-state index in [0.29, 0.717) is 31.7 Å². The molecule has 0 radical (unpaired) electrons. The number of hydrogen-bond donors (Lipinski definition) is 0. The molecular weight excluding hydrogens is 630 g/mol. The number of carbonyl (C=O) groups is 1. The Labute approximate surface area is 273 Å². The van der Waals surface area contributed by atoms with Gasteiger partial charge < -0.3 is 14.2 Å². The van der Waals surface area contributed by atoms with Crippen molar-refractivity contribution in [1.29, 1.82) is 0 Å². The molecule has 1 fully saturated rings. The molecule has 1 spiro atoms. The van der Waals surface area contributed by atoms with Gasteiger partial charge in [0.2, 0.25) is 15.9 Å². The second-order valence-corrected chi connectivity index (χ2v) is 15.1. The van der Waals surface area contributed by atoms with Crippen LogP contribution in [0.15, 0.2) is 47.5 Å². The zero-order valence-corrected chi connectivity index (χ0v) is 28.4. The number of aryl methyl sites for hydroxylation is 3. The van der Waals surface area contributed by atoms with Crippen molar-refractivity contribution in [3.05, 3.63) is 81.4 Å². The van der Waals surface area contributed by atoms with E-state index in [1.807, 2.05) is 69.5 Å². The fraction of sp³-hybridized carbons (Fsp3) is 0.455. The Morgan fingerprint density at radius 3 is 2.57 bits per heavy atom. The lowest BCUT2D eigenvalue weighted by molar-refractivity contribution is -0.151. The first-order valence-electron chi connectivity index (χ1n) is 15.2. The molecule has 3 aromatic heterocycles. The van der Waals surface area contributed by atoms with Crippen molar-refractivity contribution >= 4 is 33.2 Å². The summed E-state index contributed by atoms with van der Waals surface area (Å²) in [6.07, 6.45) is 2.92. The average molecular weight is 668 g/mol. The van der Waals surface area contributed by atoms with Gasteiger partial charge >= 0.3 is 5.97 Å². The molecule has 4 aromatic rings. The average Bonchev–Trinajstić information content (AvgIpc) is 3.37. The lowest BCUT2D eigenvalue weighted by Crippen LogP contribution is -2.50. The number of pyridine rings is 2. The van der Waals surface area contributed by atoms with Crippen molar-refractivity contribution in [2.24, 2.45) is 5.41 Å². The standard InChI is InChI=1S/C33H38ClN5O6S/c1-20-7-8-23(28(32(4,5)31(40)43-6)25-11-14-39-22(3)36-37-29(39)21(25)2)17-24(20)18-38-19-33(12-15-44-16-13-33)45-30-26(46(38,41)42)9-10-27(34)35-30/h7-11,14,17,28H,12-13,15-16,18-19H2,1-6H3. The predicted octanol–water partition coefficient (Wildman–Crippen LogP) is 5.17. The summed E-state index contributed by atoms with van der Waals surface area (Å²) >= 11 is 6.18. The first kappa shape index (κ1) is 32.4. The normalized spacial score (nSPS) is 18.5. The van der Waals surface area contributed by atoms with E-state index in [0.717, 1.165) is 33.6 Å². The van der Waals surface area contributed by atoms with Gasteiger partial charge in [-0.25, -0.2) is 13.4 Å². The largest absolute Gasteiger partial charge is 0.469 e. The number of rotatable bonds is 6. The fourth-order valence-corrected chi connectivity index (χ4v) is 8.40. The van der Waals surface area contributed by atoms with Crippen LogP contribution in [0.4, 0.5) is 0 Å². The van der Waals surface area contributed by atoms with Crippen LogP contribution in [0.2, 0.25) is 5.15 Å². The van der Waals surface area contributed by atoms with E-state index in [9.17, 15) is 13.2 Å². The van der Waals surface area contributed by atoms with E-state index in [1.54, 1.807) is 0 Å². The van der Waals surface area contributed by atoms with Crippen LogP contribution in [-0.4, -0.2) is 70.7 Å². The lowest BCUT2D eigenvalue weighted by Gasteiger charge is -2.38. The van der Waals surface area contributed by atoms with Crippen molar-refractivity contribution in [2.45, 2.75) is 70.4 Å². The van der Waals surface area contributed by atoms with Crippen molar-refractivity contribution in [3.63, 3.8) is 0 Å². The number of methoxy groups -OCH3 is 1. The first-order valence-corrected chi connectivity index (χ1v) is 17.0. The Morgan fingerprint density at radius 1 is 1.11 bits per heavy atom. The topological polar surface area (TPSA) is 125 Å². The summed E-state index contributed by atoms with van der Waals surface area (Å²) < 4.78 is 49.2. The SMILES string of the molecule is COC(=O)C(C)(C)C(c1ccc(C)c(CN2CC3(CCOCC3)Oc3nc(Cl)ccc3S2(=O)=O)c1)c1ccn2c(C)nnc2c1C. The van der Waals surface area contributed by atoms with E-state index in [2.05, 4.69) is 15.2 Å². The molecule has 244 valence electrons. The Bertz CT molecular complexity index is 1940. The van der Waals surface area contributed by atoms with Crippen LogP contribution in [0.3, 0.4) is 0 Å². The number of hydrogen-bond acceptors (Lipinski definition) is 9. The zero-order valence-electron chi connectivity index (χ0n) is 26.8. The summed E-state index contributed by atoms with van der Waals surface area (Å²) in [5, 5.41) is 8.79. The van der Waals surface area contributed by atoms with Crippen LogP contribution in [-0.2, 0) is 30.8 Å². The first-order chi connectivity index (χ1) is 21.8. The molecule has 5 heterocycles. The van der Waals surface area contributed by atoms with Gasteiger partial charge in [0.25, 0.3) is 0 Å². The van der Waals surface area contributed by atoms with Crippen molar-refractivity contribution < 1.29 is 27.4 Å². The van der Waals surface area contributed by atoms with Gasteiger partial charge in [0.15, 0.2) is 5.65 Å². The van der Waals surface area contributed by atoms with E-state index in [1.165, 1.54) is 23.5 Å². The molecular formula is C33H38ClN5O6S. The number of aromatic nitrogens is 4. The third kappa shape index (κ3) is 5.55. The number of esters is 1. The van der Waals surface area contributed by atoms with E-state index < -0.39 is 27.0 Å². The van der Waals surface area contributed by atoms with Crippen LogP contribution >= 0.6 is 11.6 Å². The Kier molecular flexibility index (Phi) is 8.37. The maximum Gasteiger partial charge on any atom is 0.312 e. The van der Waals surface area contributed by atoms with Crippen LogP contribution in [0.25, 0.3) is 5.65 Å². The van der Waals surface area contributed by atoms with E-state index in [4.69, 9.17) is 25.8 Å². The molecule has 0 saturated carbocycles. The summed E-state index contributed by atoms with van der Waals surface area (Å²) in [7, 11) is -2.65. The highest BCUT2D eigenvalue weighted by molar-refractivity contribution is 7.89. The molecule has 46 heavy (non-hydrogen) atoms. The van der Waals surface area contributed by atoms with Crippen molar-refractivity contribution in [2.75, 3.05) is 26.9 Å². The maximum absolute atomic E-state index is 14.2. The highest BCUT2D eigenvalue weighted by Crippen LogP contribution is 2.45. The number of nitrogens with zero attached hydrogens (tertiary/aromatic N) is 5. The quantitative estimate of drug-likeness (QED) is 0.202. The third-order valence-corrected chi connectivity index (χ3v) is 11.4. The molecule has 1 unspecified atom stereocenters. The summed E-state index contributed by atoms with van der Waals surface area (Å²) in [6.45, 7) is 10.6. The number of fused-ring (bicyclic) bond motifs is 2. The molecule has 1 atom stereocenters. The molecule has 13 heteroatoms. The highest BCUT2D eigenvalue weighted by atomic mass is 35.5. The van der Waals surface area contributed by atoms with Gasteiger partial charge in [-0.05, 0) is 80.6 Å². The molecule has 2 aliphatic heterocycles. The monoisotopic (exact) mass is 667 g/mol. The number of benzene rings is 1. The minimum absolute atomic E-state index is 0.0110. The van der Waals surface area contributed by atoms with Gasteiger partial charge in [0, 0.05) is 31.5 Å². The molecule has 2 aliphatic rings. The molecule has 0 aliphatic carbocycles. The molecule has 1 aromatic carbocycles. The lowest BCUT2D eigenvalue weighted by atomic mass is 9.70. The molecule has 0 bridgehead atoms. The van der Waals surface area contributed by atoms with Crippen LogP contribution < -0.4 is 4.74 Å². The summed E-state index contributed by atoms with van der Waals surface area (Å²) in [5.41, 5.74) is 3.25. The van der Waals surface area contributed by atoms with Gasteiger partial charge in [-0.15, -0.1) is 10.2 Å². The Morgan fingerprint density at radius 2 is 1.85 bits per heavy atom. The minimum Gasteiger partial charge on any atom is -0.469 e. The summed E-state index contributed by atoms with van der Waals surface area (Å²) in [6, 6.07) is 10.9. The summed E-state index contributed by atoms with van der Waals surface area (Å²) in [4.78, 5) is 17.6. The van der Waals surface area contributed by atoms with Crippen molar-refractivity contribution in [3.8, 4) is 5.88 Å². The maximum atomic E-state index is 14.2. The van der Waals surface area contributed by atoms with Gasteiger partial charge in [-0.2, -0.15) is 4.31 Å². The van der Waals surface area contributed by atoms with Gasteiger partial charge in [0.05, 0.1) is 32.3 Å². The molecule has 0 amide bonds. The minimum atomic E-state index is -4.03. The van der Waals surface area contributed by atoms with Crippen LogP contribution in [0.5, 0.6) is 5.88 Å². The predicted molar refractivity (Wildman–Crippen MR) is 172 cm³/mol.